The van der Waals surface area contributed by atoms with Gasteiger partial charge in [0.2, 0.25) is 0 Å². The van der Waals surface area contributed by atoms with Gasteiger partial charge in [0.15, 0.2) is 5.11 Å². The second-order valence-corrected chi connectivity index (χ2v) is 5.29. The molecule has 0 aromatic heterocycles. The van der Waals surface area contributed by atoms with E-state index in [1.807, 2.05) is 19.1 Å². The third kappa shape index (κ3) is 5.73. The molecule has 0 spiro atoms. The van der Waals surface area contributed by atoms with Crippen LogP contribution in [0.15, 0.2) is 18.2 Å². The van der Waals surface area contributed by atoms with Gasteiger partial charge in [-0.05, 0) is 42.9 Å². The summed E-state index contributed by atoms with van der Waals surface area (Å²) in [5, 5.41) is 24.7. The van der Waals surface area contributed by atoms with Crippen molar-refractivity contribution in [2.24, 2.45) is 5.92 Å². The summed E-state index contributed by atoms with van der Waals surface area (Å²) in [7, 11) is 0. The zero-order valence-corrected chi connectivity index (χ0v) is 12.6. The number of benzene rings is 1. The molecule has 0 saturated heterocycles. The molecule has 0 heterocycles. The fourth-order valence-corrected chi connectivity index (χ4v) is 2.04. The first kappa shape index (κ1) is 16.7. The molecule has 0 saturated carbocycles. The Hall–Kier alpha value is -1.37. The van der Waals surface area contributed by atoms with Gasteiger partial charge >= 0.3 is 5.97 Å². The average Bonchev–Trinajstić information content (AvgIpc) is 2.37. The fourth-order valence-electron chi connectivity index (χ4n) is 1.62. The van der Waals surface area contributed by atoms with Crippen LogP contribution in [0.4, 0.5) is 5.69 Å². The Balaban J connectivity index is 2.49. The maximum atomic E-state index is 10.6. The zero-order valence-electron chi connectivity index (χ0n) is 11.0. The Kier molecular flexibility index (Phi) is 6.70. The highest BCUT2D eigenvalue weighted by Crippen LogP contribution is 2.19. The van der Waals surface area contributed by atoms with E-state index in [1.54, 1.807) is 6.07 Å². The minimum absolute atomic E-state index is 0.105. The first-order valence-corrected chi connectivity index (χ1v) is 6.84. The summed E-state index contributed by atoms with van der Waals surface area (Å²) < 4.78 is 0. The summed E-state index contributed by atoms with van der Waals surface area (Å²) in [6, 6.07) is 5.38. The van der Waals surface area contributed by atoms with Gasteiger partial charge < -0.3 is 20.8 Å². The van der Waals surface area contributed by atoms with Crippen LogP contribution in [0.25, 0.3) is 0 Å². The third-order valence-corrected chi connectivity index (χ3v) is 3.19. The highest BCUT2D eigenvalue weighted by molar-refractivity contribution is 7.80. The van der Waals surface area contributed by atoms with E-state index in [1.165, 1.54) is 0 Å². The summed E-state index contributed by atoms with van der Waals surface area (Å²) in [4.78, 5) is 10.6. The number of hydrogen-bond donors (Lipinski definition) is 4. The molecule has 1 aromatic rings. The molecule has 1 unspecified atom stereocenters. The number of nitrogens with one attached hydrogen (secondary N) is 2. The van der Waals surface area contributed by atoms with E-state index in [9.17, 15) is 4.79 Å². The van der Waals surface area contributed by atoms with Gasteiger partial charge in [-0.3, -0.25) is 4.79 Å². The molecule has 0 aliphatic carbocycles. The van der Waals surface area contributed by atoms with Crippen molar-refractivity contribution in [1.82, 2.24) is 5.32 Å². The van der Waals surface area contributed by atoms with E-state index in [0.29, 0.717) is 16.7 Å². The van der Waals surface area contributed by atoms with E-state index in [0.717, 1.165) is 11.3 Å². The van der Waals surface area contributed by atoms with Gasteiger partial charge in [-0.15, -0.1) is 0 Å². The lowest BCUT2D eigenvalue weighted by Gasteiger charge is -2.16. The van der Waals surface area contributed by atoms with Crippen molar-refractivity contribution < 1.29 is 15.0 Å². The first-order chi connectivity index (χ1) is 9.42. The molecule has 1 rings (SSSR count). The standard InChI is InChI=1S/C13H17ClN2O3S/c1-8-4-10(14)2-3-11(8)16-13(20)15-6-9(7-17)5-12(18)19/h2-4,9,17H,5-7H2,1H3,(H,18,19)(H2,15,16,20). The number of halogens is 1. The minimum atomic E-state index is -0.946. The summed E-state index contributed by atoms with van der Waals surface area (Å²) in [6.07, 6.45) is -0.105. The van der Waals surface area contributed by atoms with Gasteiger partial charge in [0, 0.05) is 29.8 Å². The topological polar surface area (TPSA) is 81.6 Å². The second-order valence-electron chi connectivity index (χ2n) is 4.44. The Morgan fingerprint density at radius 3 is 2.75 bits per heavy atom. The lowest BCUT2D eigenvalue weighted by Crippen LogP contribution is -2.34. The van der Waals surface area contributed by atoms with Crippen molar-refractivity contribution in [1.29, 1.82) is 0 Å². The number of aliphatic carboxylic acids is 1. The van der Waals surface area contributed by atoms with E-state index < -0.39 is 5.97 Å². The Labute approximate surface area is 127 Å². The highest BCUT2D eigenvalue weighted by Gasteiger charge is 2.12. The lowest BCUT2D eigenvalue weighted by molar-refractivity contribution is -0.138. The number of carboxylic acids is 1. The molecule has 5 nitrogen and oxygen atoms in total. The van der Waals surface area contributed by atoms with Crippen LogP contribution in [-0.4, -0.2) is 34.4 Å². The number of aliphatic hydroxyl groups is 1. The predicted octanol–water partition coefficient (Wildman–Crippen LogP) is 2.02. The maximum absolute atomic E-state index is 10.6. The SMILES string of the molecule is Cc1cc(Cl)ccc1NC(=S)NCC(CO)CC(=O)O. The molecule has 0 amide bonds. The molecule has 20 heavy (non-hydrogen) atoms. The molecule has 0 aliphatic rings. The van der Waals surface area contributed by atoms with Crippen LogP contribution < -0.4 is 10.6 Å². The normalized spacial score (nSPS) is 11.8. The maximum Gasteiger partial charge on any atom is 0.303 e. The van der Waals surface area contributed by atoms with Crippen molar-refractivity contribution in [3.05, 3.63) is 28.8 Å². The molecule has 1 atom stereocenters. The van der Waals surface area contributed by atoms with Gasteiger partial charge in [-0.2, -0.15) is 0 Å². The summed E-state index contributed by atoms with van der Waals surface area (Å²) in [6.45, 7) is 1.99. The van der Waals surface area contributed by atoms with Gasteiger partial charge in [0.25, 0.3) is 0 Å². The molecule has 0 aliphatic heterocycles. The van der Waals surface area contributed by atoms with Crippen LogP contribution in [0.5, 0.6) is 0 Å². The van der Waals surface area contributed by atoms with Gasteiger partial charge in [0.05, 0.1) is 6.42 Å². The summed E-state index contributed by atoms with van der Waals surface area (Å²) in [5.41, 5.74) is 1.77. The minimum Gasteiger partial charge on any atom is -0.481 e. The number of carboxylic acid groups (broad SMARTS) is 1. The number of anilines is 1. The monoisotopic (exact) mass is 316 g/mol. The van der Waals surface area contributed by atoms with Crippen molar-refractivity contribution in [3.8, 4) is 0 Å². The molecule has 0 radical (unpaired) electrons. The highest BCUT2D eigenvalue weighted by atomic mass is 35.5. The molecule has 1 aromatic carbocycles. The molecular formula is C13H17ClN2O3S. The quantitative estimate of drug-likeness (QED) is 0.601. The number of aryl methyl sites for hydroxylation is 1. The molecule has 0 bridgehead atoms. The lowest BCUT2D eigenvalue weighted by atomic mass is 10.1. The van der Waals surface area contributed by atoms with Crippen LogP contribution in [0.2, 0.25) is 5.02 Å². The molecule has 0 fully saturated rings. The first-order valence-electron chi connectivity index (χ1n) is 6.06. The smallest absolute Gasteiger partial charge is 0.303 e. The Bertz CT molecular complexity index is 497. The van der Waals surface area contributed by atoms with E-state index in [4.69, 9.17) is 34.0 Å². The molecule has 110 valence electrons. The third-order valence-electron chi connectivity index (χ3n) is 2.71. The van der Waals surface area contributed by atoms with Crippen molar-refractivity contribution in [2.75, 3.05) is 18.5 Å². The fraction of sp³-hybridized carbons (Fsp3) is 0.385. The van der Waals surface area contributed by atoms with E-state index in [2.05, 4.69) is 10.6 Å². The average molecular weight is 317 g/mol. The number of thiocarbonyl (C=S) groups is 1. The van der Waals surface area contributed by atoms with Crippen LogP contribution >= 0.6 is 23.8 Å². The Morgan fingerprint density at radius 2 is 2.20 bits per heavy atom. The van der Waals surface area contributed by atoms with Crippen LogP contribution in [0.1, 0.15) is 12.0 Å². The Morgan fingerprint density at radius 1 is 1.50 bits per heavy atom. The van der Waals surface area contributed by atoms with Crippen LogP contribution in [0.3, 0.4) is 0 Å². The number of aliphatic hydroxyl groups excluding tert-OH is 1. The summed E-state index contributed by atoms with van der Waals surface area (Å²) in [5.74, 6) is -1.32. The van der Waals surface area contributed by atoms with Crippen LogP contribution in [0, 0.1) is 12.8 Å². The number of hydrogen-bond acceptors (Lipinski definition) is 3. The molecular weight excluding hydrogens is 300 g/mol. The number of rotatable bonds is 6. The van der Waals surface area contributed by atoms with Gasteiger partial charge in [-0.1, -0.05) is 11.6 Å². The summed E-state index contributed by atoms with van der Waals surface area (Å²) >= 11 is 11.0. The number of carbonyl (C=O) groups is 1. The zero-order chi connectivity index (χ0) is 15.1. The molecule has 7 heteroatoms. The van der Waals surface area contributed by atoms with E-state index >= 15 is 0 Å². The second kappa shape index (κ2) is 8.04. The van der Waals surface area contributed by atoms with Crippen LogP contribution in [-0.2, 0) is 4.79 Å². The predicted molar refractivity (Wildman–Crippen MR) is 83.2 cm³/mol. The van der Waals surface area contributed by atoms with Crippen molar-refractivity contribution in [2.45, 2.75) is 13.3 Å². The largest absolute Gasteiger partial charge is 0.481 e. The van der Waals surface area contributed by atoms with Gasteiger partial charge in [0.1, 0.15) is 0 Å². The van der Waals surface area contributed by atoms with Gasteiger partial charge in [-0.25, -0.2) is 0 Å². The van der Waals surface area contributed by atoms with E-state index in [-0.39, 0.29) is 18.9 Å². The van der Waals surface area contributed by atoms with Crippen molar-refractivity contribution >= 4 is 40.6 Å². The van der Waals surface area contributed by atoms with Crippen molar-refractivity contribution in [3.63, 3.8) is 0 Å². The molecule has 4 N–H and O–H groups in total.